The number of pyridine rings is 1. The number of carbonyl (C=O) groups excluding carboxylic acids is 1. The minimum Gasteiger partial charge on any atom is -0.475 e. The number of aromatic nitrogens is 3. The number of carbonyl (C=O) groups is 1. The number of hydrogen-bond acceptors (Lipinski definition) is 5. The summed E-state index contributed by atoms with van der Waals surface area (Å²) in [5, 5.41) is 11.9. The van der Waals surface area contributed by atoms with Crippen LogP contribution in [0.15, 0.2) is 30.6 Å². The molecule has 0 atom stereocenters. The smallest absolute Gasteiger partial charge is 0.319 e. The average molecular weight is 291 g/mol. The maximum Gasteiger partial charge on any atom is 0.319 e. The fourth-order valence-corrected chi connectivity index (χ4v) is 1.50. The van der Waals surface area contributed by atoms with E-state index < -0.39 is 0 Å². The zero-order valence-electron chi connectivity index (χ0n) is 11.6. The molecule has 8 heteroatoms. The van der Waals surface area contributed by atoms with Crippen LogP contribution in [0.5, 0.6) is 5.88 Å². The molecule has 112 valence electrons. The number of hydrogen-bond donors (Lipinski definition) is 3. The Bertz CT molecular complexity index is 541. The average Bonchev–Trinajstić information content (AvgIpc) is 3.01. The molecule has 0 spiro atoms. The van der Waals surface area contributed by atoms with Crippen LogP contribution in [0, 0.1) is 0 Å². The standard InChI is InChI=1S/C13H17N5O3/c1-20-6-7-21-12-3-2-10(8-14-12)17-13(19)15-9-11-4-5-16-18-11/h2-5,8H,6-7,9H2,1H3,(H,16,18)(H2,15,17,19). The van der Waals surface area contributed by atoms with Gasteiger partial charge in [-0.1, -0.05) is 0 Å². The minimum absolute atomic E-state index is 0.320. The predicted molar refractivity (Wildman–Crippen MR) is 76.1 cm³/mol. The van der Waals surface area contributed by atoms with Crippen LogP contribution in [0.25, 0.3) is 0 Å². The van der Waals surface area contributed by atoms with Crippen LogP contribution < -0.4 is 15.4 Å². The van der Waals surface area contributed by atoms with Gasteiger partial charge in [0.1, 0.15) is 6.61 Å². The van der Waals surface area contributed by atoms with Crippen molar-refractivity contribution in [3.63, 3.8) is 0 Å². The first-order valence-corrected chi connectivity index (χ1v) is 6.39. The molecule has 3 N–H and O–H groups in total. The summed E-state index contributed by atoms with van der Waals surface area (Å²) in [5.41, 5.74) is 1.40. The Morgan fingerprint density at radius 3 is 2.90 bits per heavy atom. The van der Waals surface area contributed by atoms with Crippen molar-refractivity contribution >= 4 is 11.7 Å². The molecule has 0 aromatic carbocycles. The third-order valence-electron chi connectivity index (χ3n) is 2.53. The second-order valence-corrected chi connectivity index (χ2v) is 4.12. The summed E-state index contributed by atoms with van der Waals surface area (Å²) in [6, 6.07) is 4.86. The van der Waals surface area contributed by atoms with Crippen LogP contribution in [0.3, 0.4) is 0 Å². The van der Waals surface area contributed by atoms with Gasteiger partial charge in [-0.3, -0.25) is 5.10 Å². The summed E-state index contributed by atoms with van der Waals surface area (Å²) in [6.07, 6.45) is 3.15. The monoisotopic (exact) mass is 291 g/mol. The number of urea groups is 1. The van der Waals surface area contributed by atoms with Crippen LogP contribution >= 0.6 is 0 Å². The number of rotatable bonds is 7. The van der Waals surface area contributed by atoms with Gasteiger partial charge in [-0.15, -0.1) is 0 Å². The van der Waals surface area contributed by atoms with E-state index in [4.69, 9.17) is 9.47 Å². The van der Waals surface area contributed by atoms with Crippen LogP contribution in [-0.2, 0) is 11.3 Å². The largest absolute Gasteiger partial charge is 0.475 e. The van der Waals surface area contributed by atoms with Gasteiger partial charge in [-0.2, -0.15) is 5.10 Å². The molecule has 8 nitrogen and oxygen atoms in total. The Labute approximate surface area is 121 Å². The first-order valence-electron chi connectivity index (χ1n) is 6.39. The van der Waals surface area contributed by atoms with Crippen molar-refractivity contribution in [2.24, 2.45) is 0 Å². The Morgan fingerprint density at radius 2 is 2.24 bits per heavy atom. The molecule has 0 radical (unpaired) electrons. The first kappa shape index (κ1) is 14.8. The highest BCUT2D eigenvalue weighted by Crippen LogP contribution is 2.11. The fourth-order valence-electron chi connectivity index (χ4n) is 1.50. The Hall–Kier alpha value is -2.61. The molecule has 2 amide bonds. The molecular weight excluding hydrogens is 274 g/mol. The van der Waals surface area contributed by atoms with E-state index in [1.54, 1.807) is 31.5 Å². The zero-order valence-corrected chi connectivity index (χ0v) is 11.6. The van der Waals surface area contributed by atoms with Crippen molar-refractivity contribution in [1.82, 2.24) is 20.5 Å². The van der Waals surface area contributed by atoms with Gasteiger partial charge in [0.05, 0.1) is 30.7 Å². The molecule has 0 saturated heterocycles. The number of H-pyrrole nitrogens is 1. The van der Waals surface area contributed by atoms with Gasteiger partial charge in [-0.25, -0.2) is 9.78 Å². The fraction of sp³-hybridized carbons (Fsp3) is 0.308. The molecule has 2 heterocycles. The van der Waals surface area contributed by atoms with E-state index in [-0.39, 0.29) is 6.03 Å². The number of nitrogens with zero attached hydrogens (tertiary/aromatic N) is 2. The van der Waals surface area contributed by atoms with Crippen molar-refractivity contribution in [3.05, 3.63) is 36.3 Å². The summed E-state index contributed by atoms with van der Waals surface area (Å²) < 4.78 is 10.2. The summed E-state index contributed by atoms with van der Waals surface area (Å²) in [7, 11) is 1.60. The normalized spacial score (nSPS) is 10.1. The zero-order chi connectivity index (χ0) is 14.9. The highest BCUT2D eigenvalue weighted by Gasteiger charge is 2.03. The molecule has 0 saturated carbocycles. The van der Waals surface area contributed by atoms with Gasteiger partial charge in [-0.05, 0) is 12.1 Å². The Balaban J connectivity index is 1.75. The predicted octanol–water partition coefficient (Wildman–Crippen LogP) is 1.15. The van der Waals surface area contributed by atoms with Gasteiger partial charge >= 0.3 is 6.03 Å². The van der Waals surface area contributed by atoms with Crippen LogP contribution in [0.4, 0.5) is 10.5 Å². The topological polar surface area (TPSA) is 101 Å². The molecule has 2 aromatic heterocycles. The quantitative estimate of drug-likeness (QED) is 0.664. The van der Waals surface area contributed by atoms with Crippen molar-refractivity contribution in [3.8, 4) is 5.88 Å². The van der Waals surface area contributed by atoms with Gasteiger partial charge in [0, 0.05) is 19.4 Å². The van der Waals surface area contributed by atoms with E-state index in [0.29, 0.717) is 31.3 Å². The second-order valence-electron chi connectivity index (χ2n) is 4.12. The molecule has 0 unspecified atom stereocenters. The lowest BCUT2D eigenvalue weighted by molar-refractivity contribution is 0.144. The van der Waals surface area contributed by atoms with E-state index >= 15 is 0 Å². The Kier molecular flexibility index (Phi) is 5.53. The number of methoxy groups -OCH3 is 1. The maximum atomic E-state index is 11.7. The molecule has 2 rings (SSSR count). The molecule has 21 heavy (non-hydrogen) atoms. The highest BCUT2D eigenvalue weighted by atomic mass is 16.5. The maximum absolute atomic E-state index is 11.7. The summed E-state index contributed by atoms with van der Waals surface area (Å²) in [6.45, 7) is 1.30. The molecule has 2 aromatic rings. The van der Waals surface area contributed by atoms with Crippen molar-refractivity contribution in [1.29, 1.82) is 0 Å². The summed E-state index contributed by atoms with van der Waals surface area (Å²) in [5.74, 6) is 0.482. The van der Waals surface area contributed by atoms with Gasteiger partial charge in [0.25, 0.3) is 0 Å². The van der Waals surface area contributed by atoms with Crippen molar-refractivity contribution in [2.75, 3.05) is 25.6 Å². The molecular formula is C13H17N5O3. The third-order valence-corrected chi connectivity index (χ3v) is 2.53. The molecule has 0 aliphatic heterocycles. The van der Waals surface area contributed by atoms with Gasteiger partial charge < -0.3 is 20.1 Å². The molecule has 0 aliphatic carbocycles. The number of anilines is 1. The second kappa shape index (κ2) is 7.85. The van der Waals surface area contributed by atoms with E-state index in [0.717, 1.165) is 5.69 Å². The number of nitrogens with one attached hydrogen (secondary N) is 3. The first-order chi connectivity index (χ1) is 10.3. The van der Waals surface area contributed by atoms with Crippen molar-refractivity contribution < 1.29 is 14.3 Å². The SMILES string of the molecule is COCCOc1ccc(NC(=O)NCc2ccn[nH]2)cn1. The lowest BCUT2D eigenvalue weighted by Gasteiger charge is -2.08. The minimum atomic E-state index is -0.320. The number of aromatic amines is 1. The molecule has 0 fully saturated rings. The van der Waals surface area contributed by atoms with Gasteiger partial charge in [0.2, 0.25) is 5.88 Å². The van der Waals surface area contributed by atoms with E-state index in [9.17, 15) is 4.79 Å². The number of ether oxygens (including phenoxy) is 2. The summed E-state index contributed by atoms with van der Waals surface area (Å²) >= 11 is 0. The van der Waals surface area contributed by atoms with Crippen LogP contribution in [-0.4, -0.2) is 41.5 Å². The van der Waals surface area contributed by atoms with Crippen LogP contribution in [0.1, 0.15) is 5.69 Å². The highest BCUT2D eigenvalue weighted by molar-refractivity contribution is 5.88. The van der Waals surface area contributed by atoms with Crippen molar-refractivity contribution in [2.45, 2.75) is 6.54 Å². The molecule has 0 aliphatic rings. The number of amides is 2. The van der Waals surface area contributed by atoms with E-state index in [1.165, 1.54) is 6.20 Å². The van der Waals surface area contributed by atoms with Gasteiger partial charge in [0.15, 0.2) is 0 Å². The summed E-state index contributed by atoms with van der Waals surface area (Å²) in [4.78, 5) is 15.7. The van der Waals surface area contributed by atoms with E-state index in [2.05, 4.69) is 25.8 Å². The van der Waals surface area contributed by atoms with Crippen LogP contribution in [0.2, 0.25) is 0 Å². The van der Waals surface area contributed by atoms with E-state index in [1.807, 2.05) is 0 Å². The third kappa shape index (κ3) is 5.11. The molecule has 0 bridgehead atoms. The lowest BCUT2D eigenvalue weighted by atomic mass is 10.4. The Morgan fingerprint density at radius 1 is 1.33 bits per heavy atom. The lowest BCUT2D eigenvalue weighted by Crippen LogP contribution is -2.28.